The van der Waals surface area contributed by atoms with Crippen molar-refractivity contribution in [2.24, 2.45) is 7.05 Å². The van der Waals surface area contributed by atoms with Gasteiger partial charge in [0.2, 0.25) is 0 Å². The molecular formula is C15H16ClN3O3. The van der Waals surface area contributed by atoms with Gasteiger partial charge >= 0.3 is 5.97 Å². The molecule has 2 rings (SSSR count). The minimum atomic E-state index is -0.985. The normalized spacial score (nSPS) is 12.0. The number of amides is 1. The number of nitrogens with zero attached hydrogens (tertiary/aromatic N) is 2. The Morgan fingerprint density at radius 3 is 2.36 bits per heavy atom. The van der Waals surface area contributed by atoms with Crippen LogP contribution in [-0.4, -0.2) is 26.8 Å². The van der Waals surface area contributed by atoms with E-state index in [4.69, 9.17) is 16.7 Å². The van der Waals surface area contributed by atoms with Crippen LogP contribution in [0.3, 0.4) is 0 Å². The van der Waals surface area contributed by atoms with E-state index in [1.807, 2.05) is 6.92 Å². The van der Waals surface area contributed by atoms with Crippen LogP contribution in [0.4, 0.5) is 0 Å². The van der Waals surface area contributed by atoms with Gasteiger partial charge in [0.05, 0.1) is 22.9 Å². The summed E-state index contributed by atoms with van der Waals surface area (Å²) < 4.78 is 1.44. The quantitative estimate of drug-likeness (QED) is 0.906. The fourth-order valence-corrected chi connectivity index (χ4v) is 2.41. The van der Waals surface area contributed by atoms with Gasteiger partial charge in [-0.1, -0.05) is 23.7 Å². The Kier molecular flexibility index (Phi) is 4.51. The highest BCUT2D eigenvalue weighted by Gasteiger charge is 2.20. The lowest BCUT2D eigenvalue weighted by atomic mass is 10.1. The molecule has 0 saturated carbocycles. The number of aryl methyl sites for hydroxylation is 2. The number of aromatic nitrogens is 2. The van der Waals surface area contributed by atoms with Crippen molar-refractivity contribution in [3.8, 4) is 0 Å². The van der Waals surface area contributed by atoms with Crippen molar-refractivity contribution in [2.45, 2.75) is 19.9 Å². The molecule has 0 aliphatic heterocycles. The van der Waals surface area contributed by atoms with Gasteiger partial charge in [0, 0.05) is 7.05 Å². The lowest BCUT2D eigenvalue weighted by molar-refractivity contribution is 0.0696. The van der Waals surface area contributed by atoms with E-state index in [-0.39, 0.29) is 22.7 Å². The lowest BCUT2D eigenvalue weighted by Gasteiger charge is -2.14. The molecule has 1 atom stereocenters. The summed E-state index contributed by atoms with van der Waals surface area (Å²) in [5.41, 5.74) is 1.90. The van der Waals surface area contributed by atoms with Crippen LogP contribution in [0.1, 0.15) is 44.9 Å². The van der Waals surface area contributed by atoms with Crippen LogP contribution in [-0.2, 0) is 7.05 Å². The summed E-state index contributed by atoms with van der Waals surface area (Å²) in [5.74, 6) is -1.30. The summed E-state index contributed by atoms with van der Waals surface area (Å²) in [7, 11) is 1.67. The highest BCUT2D eigenvalue weighted by molar-refractivity contribution is 6.33. The number of aromatic carboxylic acids is 1. The fourth-order valence-electron chi connectivity index (χ4n) is 2.15. The predicted octanol–water partition coefficient (Wildman–Crippen LogP) is 2.57. The number of halogens is 1. The number of carboxylic acids is 1. The van der Waals surface area contributed by atoms with Gasteiger partial charge in [0.25, 0.3) is 5.91 Å². The van der Waals surface area contributed by atoms with E-state index in [1.54, 1.807) is 26.1 Å². The second-order valence-corrected chi connectivity index (χ2v) is 5.36. The number of benzene rings is 1. The third-order valence-corrected chi connectivity index (χ3v) is 3.82. The van der Waals surface area contributed by atoms with Gasteiger partial charge in [-0.3, -0.25) is 9.48 Å². The zero-order chi connectivity index (χ0) is 16.4. The monoisotopic (exact) mass is 321 g/mol. The van der Waals surface area contributed by atoms with Gasteiger partial charge in [-0.2, -0.15) is 5.10 Å². The van der Waals surface area contributed by atoms with Gasteiger partial charge in [-0.05, 0) is 31.5 Å². The van der Waals surface area contributed by atoms with Crippen molar-refractivity contribution in [3.05, 3.63) is 51.8 Å². The third kappa shape index (κ3) is 3.12. The third-order valence-electron chi connectivity index (χ3n) is 3.38. The first-order valence-corrected chi connectivity index (χ1v) is 7.02. The molecule has 1 aromatic heterocycles. The maximum Gasteiger partial charge on any atom is 0.335 e. The first-order chi connectivity index (χ1) is 10.3. The average Bonchev–Trinajstić information content (AvgIpc) is 2.72. The molecule has 7 heteroatoms. The molecule has 0 bridgehead atoms. The molecule has 0 aliphatic carbocycles. The van der Waals surface area contributed by atoms with Gasteiger partial charge in [-0.25, -0.2) is 4.79 Å². The van der Waals surface area contributed by atoms with Gasteiger partial charge < -0.3 is 10.4 Å². The van der Waals surface area contributed by atoms with Crippen LogP contribution in [0.15, 0.2) is 24.3 Å². The maximum absolute atomic E-state index is 12.3. The molecule has 2 N–H and O–H groups in total. The van der Waals surface area contributed by atoms with E-state index in [1.165, 1.54) is 16.8 Å². The molecule has 22 heavy (non-hydrogen) atoms. The zero-order valence-corrected chi connectivity index (χ0v) is 13.2. The topological polar surface area (TPSA) is 84.2 Å². The first-order valence-electron chi connectivity index (χ1n) is 6.64. The number of hydrogen-bond donors (Lipinski definition) is 2. The Morgan fingerprint density at radius 2 is 1.91 bits per heavy atom. The minimum Gasteiger partial charge on any atom is -0.478 e. The summed E-state index contributed by atoms with van der Waals surface area (Å²) in [5, 5.41) is 16.1. The van der Waals surface area contributed by atoms with Crippen LogP contribution in [0.2, 0.25) is 5.15 Å². The van der Waals surface area contributed by atoms with Crippen molar-refractivity contribution >= 4 is 23.5 Å². The Morgan fingerprint density at radius 1 is 1.32 bits per heavy atom. The smallest absolute Gasteiger partial charge is 0.335 e. The molecule has 0 aliphatic rings. The number of hydrogen-bond acceptors (Lipinski definition) is 3. The van der Waals surface area contributed by atoms with Crippen LogP contribution in [0, 0.1) is 6.92 Å². The molecule has 2 aromatic rings. The van der Waals surface area contributed by atoms with Crippen molar-refractivity contribution in [3.63, 3.8) is 0 Å². The Bertz CT molecular complexity index is 722. The minimum absolute atomic E-state index is 0.202. The van der Waals surface area contributed by atoms with Gasteiger partial charge in [0.15, 0.2) is 0 Å². The standard InChI is InChI=1S/C15H16ClN3O3/c1-8(10-4-6-11(7-5-10)15(21)22)17-14(20)12-9(2)18-19(3)13(12)16/h4-8H,1-3H3,(H,17,20)(H,21,22)/t8-/m0/s1. The average molecular weight is 322 g/mol. The second kappa shape index (κ2) is 6.19. The SMILES string of the molecule is Cc1nn(C)c(Cl)c1C(=O)N[C@@H](C)c1ccc(C(=O)O)cc1. The first kappa shape index (κ1) is 16.0. The zero-order valence-electron chi connectivity index (χ0n) is 12.4. The fraction of sp³-hybridized carbons (Fsp3) is 0.267. The molecule has 0 radical (unpaired) electrons. The summed E-state index contributed by atoms with van der Waals surface area (Å²) in [4.78, 5) is 23.1. The molecule has 6 nitrogen and oxygen atoms in total. The van der Waals surface area contributed by atoms with Crippen molar-refractivity contribution < 1.29 is 14.7 Å². The van der Waals surface area contributed by atoms with E-state index >= 15 is 0 Å². The number of rotatable bonds is 4. The Hall–Kier alpha value is -2.34. The largest absolute Gasteiger partial charge is 0.478 e. The van der Waals surface area contributed by atoms with Crippen LogP contribution in [0.25, 0.3) is 0 Å². The van der Waals surface area contributed by atoms with Crippen LogP contribution >= 0.6 is 11.6 Å². The summed E-state index contributed by atoms with van der Waals surface area (Å²) >= 11 is 6.07. The van der Waals surface area contributed by atoms with Crippen molar-refractivity contribution in [1.29, 1.82) is 0 Å². The number of carbonyl (C=O) groups is 2. The maximum atomic E-state index is 12.3. The van der Waals surface area contributed by atoms with E-state index in [2.05, 4.69) is 10.4 Å². The van der Waals surface area contributed by atoms with Crippen LogP contribution < -0.4 is 5.32 Å². The molecule has 1 heterocycles. The number of carbonyl (C=O) groups excluding carboxylic acids is 1. The van der Waals surface area contributed by atoms with Crippen molar-refractivity contribution in [1.82, 2.24) is 15.1 Å². The molecule has 1 amide bonds. The van der Waals surface area contributed by atoms with Gasteiger partial charge in [-0.15, -0.1) is 0 Å². The molecular weight excluding hydrogens is 306 g/mol. The second-order valence-electron chi connectivity index (χ2n) is 5.00. The van der Waals surface area contributed by atoms with E-state index in [9.17, 15) is 9.59 Å². The van der Waals surface area contributed by atoms with Crippen LogP contribution in [0.5, 0.6) is 0 Å². The number of nitrogens with one attached hydrogen (secondary N) is 1. The highest BCUT2D eigenvalue weighted by Crippen LogP contribution is 2.20. The Labute approximate surface area is 132 Å². The Balaban J connectivity index is 2.15. The van der Waals surface area contributed by atoms with E-state index < -0.39 is 5.97 Å². The number of carboxylic acid groups (broad SMARTS) is 1. The lowest BCUT2D eigenvalue weighted by Crippen LogP contribution is -2.27. The van der Waals surface area contributed by atoms with E-state index in [0.29, 0.717) is 11.3 Å². The summed E-state index contributed by atoms with van der Waals surface area (Å²) in [6, 6.07) is 6.06. The molecule has 1 aromatic carbocycles. The summed E-state index contributed by atoms with van der Waals surface area (Å²) in [6.07, 6.45) is 0. The van der Waals surface area contributed by atoms with Crippen molar-refractivity contribution in [2.75, 3.05) is 0 Å². The summed E-state index contributed by atoms with van der Waals surface area (Å²) in [6.45, 7) is 3.53. The predicted molar refractivity (Wildman–Crippen MR) is 82.2 cm³/mol. The molecule has 0 spiro atoms. The molecule has 116 valence electrons. The van der Waals surface area contributed by atoms with Gasteiger partial charge in [0.1, 0.15) is 5.15 Å². The molecule has 0 fully saturated rings. The van der Waals surface area contributed by atoms with E-state index in [0.717, 1.165) is 5.56 Å². The molecule has 0 saturated heterocycles. The highest BCUT2D eigenvalue weighted by atomic mass is 35.5. The molecule has 0 unspecified atom stereocenters.